The maximum Gasteiger partial charge on any atom is 0.220 e. The zero-order valence-corrected chi connectivity index (χ0v) is 8.59. The molecule has 0 fully saturated rings. The highest BCUT2D eigenvalue weighted by atomic mass is 16.6. The second-order valence-corrected chi connectivity index (χ2v) is 2.93. The van der Waals surface area contributed by atoms with E-state index in [9.17, 15) is 4.79 Å². The molecule has 76 valence electrons. The fraction of sp³-hybridized carbons (Fsp3) is 0.778. The van der Waals surface area contributed by atoms with Crippen molar-refractivity contribution < 1.29 is 9.63 Å². The summed E-state index contributed by atoms with van der Waals surface area (Å²) in [6.45, 7) is 6.82. The molecule has 0 saturated carbocycles. The Morgan fingerprint density at radius 3 is 2.69 bits per heavy atom. The fourth-order valence-electron chi connectivity index (χ4n) is 0.758. The summed E-state index contributed by atoms with van der Waals surface area (Å²) in [4.78, 5) is 15.9. The van der Waals surface area contributed by atoms with Gasteiger partial charge in [0.1, 0.15) is 6.61 Å². The van der Waals surface area contributed by atoms with Crippen molar-refractivity contribution in [1.29, 1.82) is 0 Å². The SMILES string of the molecule is CCNC(=O)CCCON=C(C)C. The van der Waals surface area contributed by atoms with E-state index in [1.165, 1.54) is 0 Å². The first-order chi connectivity index (χ1) is 6.16. The van der Waals surface area contributed by atoms with Crippen molar-refractivity contribution in [2.45, 2.75) is 33.6 Å². The highest BCUT2D eigenvalue weighted by Crippen LogP contribution is 1.91. The number of hydrogen-bond donors (Lipinski definition) is 1. The average Bonchev–Trinajstić information content (AvgIpc) is 2.03. The Hall–Kier alpha value is -1.06. The first kappa shape index (κ1) is 11.9. The van der Waals surface area contributed by atoms with Crippen LogP contribution in [-0.4, -0.2) is 24.8 Å². The van der Waals surface area contributed by atoms with E-state index in [4.69, 9.17) is 4.84 Å². The van der Waals surface area contributed by atoms with Gasteiger partial charge in [-0.05, 0) is 27.2 Å². The summed E-state index contributed by atoms with van der Waals surface area (Å²) in [6, 6.07) is 0. The van der Waals surface area contributed by atoms with E-state index < -0.39 is 0 Å². The predicted molar refractivity (Wildman–Crippen MR) is 52.7 cm³/mol. The molecule has 0 aromatic rings. The summed E-state index contributed by atoms with van der Waals surface area (Å²) >= 11 is 0. The van der Waals surface area contributed by atoms with Crippen molar-refractivity contribution in [3.8, 4) is 0 Å². The van der Waals surface area contributed by atoms with Gasteiger partial charge in [-0.3, -0.25) is 4.79 Å². The molecule has 4 nitrogen and oxygen atoms in total. The van der Waals surface area contributed by atoms with Crippen molar-refractivity contribution >= 4 is 11.6 Å². The topological polar surface area (TPSA) is 50.7 Å². The second-order valence-electron chi connectivity index (χ2n) is 2.93. The van der Waals surface area contributed by atoms with Crippen LogP contribution in [0.5, 0.6) is 0 Å². The van der Waals surface area contributed by atoms with Crippen LogP contribution in [0.1, 0.15) is 33.6 Å². The average molecular weight is 186 g/mol. The maximum absolute atomic E-state index is 10.9. The zero-order valence-electron chi connectivity index (χ0n) is 8.59. The predicted octanol–water partition coefficient (Wildman–Crippen LogP) is 1.32. The molecule has 0 radical (unpaired) electrons. The molecule has 0 aliphatic rings. The van der Waals surface area contributed by atoms with Crippen molar-refractivity contribution in [1.82, 2.24) is 5.32 Å². The van der Waals surface area contributed by atoms with Crippen LogP contribution in [0.2, 0.25) is 0 Å². The molecule has 1 amide bonds. The van der Waals surface area contributed by atoms with E-state index in [-0.39, 0.29) is 5.91 Å². The molecule has 13 heavy (non-hydrogen) atoms. The minimum atomic E-state index is 0.0725. The smallest absolute Gasteiger partial charge is 0.220 e. The van der Waals surface area contributed by atoms with Crippen molar-refractivity contribution in [2.75, 3.05) is 13.2 Å². The van der Waals surface area contributed by atoms with Gasteiger partial charge >= 0.3 is 0 Å². The van der Waals surface area contributed by atoms with E-state index in [1.807, 2.05) is 20.8 Å². The monoisotopic (exact) mass is 186 g/mol. The van der Waals surface area contributed by atoms with Gasteiger partial charge < -0.3 is 10.2 Å². The van der Waals surface area contributed by atoms with Gasteiger partial charge in [-0.2, -0.15) is 0 Å². The van der Waals surface area contributed by atoms with Crippen LogP contribution in [-0.2, 0) is 9.63 Å². The summed E-state index contributed by atoms with van der Waals surface area (Å²) < 4.78 is 0. The van der Waals surface area contributed by atoms with Crippen LogP contribution in [0.15, 0.2) is 5.16 Å². The Kier molecular flexibility index (Phi) is 6.96. The third-order valence-corrected chi connectivity index (χ3v) is 1.26. The first-order valence-corrected chi connectivity index (χ1v) is 4.56. The van der Waals surface area contributed by atoms with Gasteiger partial charge in [-0.25, -0.2) is 0 Å². The maximum atomic E-state index is 10.9. The summed E-state index contributed by atoms with van der Waals surface area (Å²) in [6.07, 6.45) is 1.22. The Bertz CT molecular complexity index is 174. The molecule has 0 bridgehead atoms. The molecular weight excluding hydrogens is 168 g/mol. The number of hydrogen-bond acceptors (Lipinski definition) is 3. The Morgan fingerprint density at radius 2 is 2.15 bits per heavy atom. The van der Waals surface area contributed by atoms with Gasteiger partial charge in [0.2, 0.25) is 5.91 Å². The van der Waals surface area contributed by atoms with Gasteiger partial charge in [0.05, 0.1) is 5.71 Å². The molecule has 1 N–H and O–H groups in total. The molecule has 0 aliphatic carbocycles. The number of nitrogens with zero attached hydrogens (tertiary/aromatic N) is 1. The molecule has 0 rings (SSSR count). The number of rotatable bonds is 6. The van der Waals surface area contributed by atoms with Crippen LogP contribution < -0.4 is 5.32 Å². The van der Waals surface area contributed by atoms with Crippen molar-refractivity contribution in [3.05, 3.63) is 0 Å². The molecular formula is C9H18N2O2. The van der Waals surface area contributed by atoms with Gasteiger partial charge in [0.25, 0.3) is 0 Å². The van der Waals surface area contributed by atoms with Crippen molar-refractivity contribution in [3.63, 3.8) is 0 Å². The van der Waals surface area contributed by atoms with Crippen LogP contribution in [0.25, 0.3) is 0 Å². The van der Waals surface area contributed by atoms with E-state index in [0.29, 0.717) is 26.0 Å². The minimum Gasteiger partial charge on any atom is -0.396 e. The first-order valence-electron chi connectivity index (χ1n) is 4.56. The van der Waals surface area contributed by atoms with Crippen LogP contribution in [0.4, 0.5) is 0 Å². The third kappa shape index (κ3) is 8.85. The Morgan fingerprint density at radius 1 is 1.46 bits per heavy atom. The molecule has 0 heterocycles. The molecule has 0 saturated heterocycles. The lowest BCUT2D eigenvalue weighted by Gasteiger charge is -2.01. The molecule has 0 spiro atoms. The standard InChI is InChI=1S/C9H18N2O2/c1-4-10-9(12)6-5-7-13-11-8(2)3/h4-7H2,1-3H3,(H,10,12). The van der Waals surface area contributed by atoms with E-state index >= 15 is 0 Å². The second kappa shape index (κ2) is 7.58. The molecule has 4 heteroatoms. The van der Waals surface area contributed by atoms with Crippen LogP contribution in [0.3, 0.4) is 0 Å². The third-order valence-electron chi connectivity index (χ3n) is 1.26. The highest BCUT2D eigenvalue weighted by molar-refractivity contribution is 5.78. The lowest BCUT2D eigenvalue weighted by Crippen LogP contribution is -2.22. The lowest BCUT2D eigenvalue weighted by molar-refractivity contribution is -0.121. The highest BCUT2D eigenvalue weighted by Gasteiger charge is 1.97. The summed E-state index contributed by atoms with van der Waals surface area (Å²) in [5, 5.41) is 6.47. The van der Waals surface area contributed by atoms with Gasteiger partial charge in [0, 0.05) is 13.0 Å². The number of nitrogens with one attached hydrogen (secondary N) is 1. The minimum absolute atomic E-state index is 0.0725. The number of carbonyl (C=O) groups is 1. The van der Waals surface area contributed by atoms with E-state index in [2.05, 4.69) is 10.5 Å². The quantitative estimate of drug-likeness (QED) is 0.386. The van der Waals surface area contributed by atoms with Crippen LogP contribution >= 0.6 is 0 Å². The number of oxime groups is 1. The lowest BCUT2D eigenvalue weighted by atomic mass is 10.3. The summed E-state index contributed by atoms with van der Waals surface area (Å²) in [7, 11) is 0. The fourth-order valence-corrected chi connectivity index (χ4v) is 0.758. The van der Waals surface area contributed by atoms with E-state index in [1.54, 1.807) is 0 Å². The largest absolute Gasteiger partial charge is 0.396 e. The van der Waals surface area contributed by atoms with E-state index in [0.717, 1.165) is 5.71 Å². The normalized spacial score (nSPS) is 9.15. The van der Waals surface area contributed by atoms with Crippen LogP contribution in [0, 0.1) is 0 Å². The molecule has 0 atom stereocenters. The molecule has 0 unspecified atom stereocenters. The zero-order chi connectivity index (χ0) is 10.1. The summed E-state index contributed by atoms with van der Waals surface area (Å²) in [5.41, 5.74) is 0.887. The number of carbonyl (C=O) groups excluding carboxylic acids is 1. The Balaban J connectivity index is 3.26. The molecule has 0 aliphatic heterocycles. The van der Waals surface area contributed by atoms with Gasteiger partial charge in [-0.15, -0.1) is 0 Å². The Labute approximate surface area is 79.3 Å². The number of amides is 1. The molecule has 0 aromatic carbocycles. The van der Waals surface area contributed by atoms with Gasteiger partial charge in [0.15, 0.2) is 0 Å². The van der Waals surface area contributed by atoms with Crippen molar-refractivity contribution in [2.24, 2.45) is 5.16 Å². The van der Waals surface area contributed by atoms with Gasteiger partial charge in [-0.1, -0.05) is 5.16 Å². The molecule has 0 aromatic heterocycles. The summed E-state index contributed by atoms with van der Waals surface area (Å²) in [5.74, 6) is 0.0725.